The number of aliphatic hydroxyl groups excluding tert-OH is 7. The molecule has 0 amide bonds. The molecular weight excluding hydrogens is 500 g/mol. The second kappa shape index (κ2) is 10.4. The minimum atomic E-state index is -1.47. The second-order valence-electron chi connectivity index (χ2n) is 13.0. The van der Waals surface area contributed by atoms with Gasteiger partial charge in [-0.15, -0.1) is 0 Å². The predicted octanol–water partition coefficient (Wildman–Crippen LogP) is -0.886. The van der Waals surface area contributed by atoms with Crippen molar-refractivity contribution in [2.45, 2.75) is 120 Å². The largest absolute Gasteiger partial charge is 0.394 e. The summed E-state index contributed by atoms with van der Waals surface area (Å²) in [7, 11) is 0. The van der Waals surface area contributed by atoms with Crippen molar-refractivity contribution in [3.8, 4) is 0 Å². The third kappa shape index (κ3) is 4.65. The van der Waals surface area contributed by atoms with Gasteiger partial charge >= 0.3 is 0 Å². The molecule has 0 bridgehead atoms. The number of ether oxygens (including phenoxy) is 4. The van der Waals surface area contributed by atoms with E-state index in [4.69, 9.17) is 18.9 Å². The lowest BCUT2D eigenvalue weighted by atomic mass is 9.74. The highest BCUT2D eigenvalue weighted by molar-refractivity contribution is 5.17. The van der Waals surface area contributed by atoms with Crippen molar-refractivity contribution < 1.29 is 54.7 Å². The molecule has 7 N–H and O–H groups in total. The fourth-order valence-corrected chi connectivity index (χ4v) is 8.28. The molecule has 3 saturated carbocycles. The van der Waals surface area contributed by atoms with Crippen LogP contribution < -0.4 is 0 Å². The van der Waals surface area contributed by atoms with Gasteiger partial charge in [-0.2, -0.15) is 0 Å². The lowest BCUT2D eigenvalue weighted by Gasteiger charge is -2.46. The second-order valence-corrected chi connectivity index (χ2v) is 13.0. The van der Waals surface area contributed by atoms with Gasteiger partial charge in [0.2, 0.25) is 0 Å². The average molecular weight is 547 g/mol. The van der Waals surface area contributed by atoms with Crippen LogP contribution in [0.5, 0.6) is 0 Å². The summed E-state index contributed by atoms with van der Waals surface area (Å²) >= 11 is 0. The first-order valence-electron chi connectivity index (χ1n) is 14.1. The Morgan fingerprint density at radius 2 is 1.42 bits per heavy atom. The fourth-order valence-electron chi connectivity index (χ4n) is 8.28. The number of aliphatic hydroxyl groups is 7. The van der Waals surface area contributed by atoms with E-state index in [0.717, 1.165) is 25.7 Å². The molecule has 2 saturated heterocycles. The minimum absolute atomic E-state index is 0.169. The zero-order valence-corrected chi connectivity index (χ0v) is 22.7. The Morgan fingerprint density at radius 3 is 2.11 bits per heavy atom. The first-order valence-corrected chi connectivity index (χ1v) is 14.1. The van der Waals surface area contributed by atoms with E-state index < -0.39 is 73.6 Å². The quantitative estimate of drug-likeness (QED) is 0.220. The summed E-state index contributed by atoms with van der Waals surface area (Å²) in [4.78, 5) is 0. The van der Waals surface area contributed by atoms with Gasteiger partial charge in [-0.3, -0.25) is 0 Å². The summed E-state index contributed by atoms with van der Waals surface area (Å²) in [6.07, 6.45) is -8.41. The van der Waals surface area contributed by atoms with Gasteiger partial charge in [-0.1, -0.05) is 20.3 Å². The van der Waals surface area contributed by atoms with Crippen LogP contribution >= 0.6 is 0 Å². The van der Waals surface area contributed by atoms with Crippen LogP contribution in [0.1, 0.15) is 53.4 Å². The molecule has 0 aromatic heterocycles. The highest BCUT2D eigenvalue weighted by Gasteiger charge is 2.70. The zero-order chi connectivity index (χ0) is 27.7. The molecule has 38 heavy (non-hydrogen) atoms. The van der Waals surface area contributed by atoms with E-state index in [9.17, 15) is 35.7 Å². The van der Waals surface area contributed by atoms with Crippen LogP contribution in [0, 0.1) is 35.0 Å². The standard InChI is InChI=1S/C27H46O11/c1-11-5-6-13-16(11)17-14(7-8-27(13,4)38-25-23(34)20(31)18(29)12(2)36-25)26(17,3)10-35-24-22(33)21(32)19(30)15(9-28)37-24/h11-25,28-34H,5-10H2,1-4H3/t11-,12-,13+,14-,15+,16-,17+,18-,19-,20+,21-,22+,23+,24-,25-,26+,27-/m1/s1. The Balaban J connectivity index is 1.28. The summed E-state index contributed by atoms with van der Waals surface area (Å²) < 4.78 is 23.9. The van der Waals surface area contributed by atoms with Crippen LogP contribution in [0.25, 0.3) is 0 Å². The van der Waals surface area contributed by atoms with Crippen LogP contribution in [-0.4, -0.2) is 116 Å². The SMILES string of the molecule is C[C@@H]1CC[C@H]2[C@@H]1[C@@H]1[C@@H](CC[C@@]2(C)O[C@H]2O[C@H](C)[C@@H](O)[C@H](O)[C@@H]2O)[C@]1(C)CO[C@@H]1O[C@@H](CO)[C@@H](O)[C@@H](O)[C@@H]1O. The summed E-state index contributed by atoms with van der Waals surface area (Å²) in [6.45, 7) is 7.99. The molecule has 2 heterocycles. The Hall–Kier alpha value is -0.440. The van der Waals surface area contributed by atoms with E-state index in [0.29, 0.717) is 30.3 Å². The third-order valence-electron chi connectivity index (χ3n) is 10.7. The highest BCUT2D eigenvalue weighted by atomic mass is 16.7. The van der Waals surface area contributed by atoms with Gasteiger partial charge in [0.1, 0.15) is 42.7 Å². The van der Waals surface area contributed by atoms with Crippen molar-refractivity contribution in [2.24, 2.45) is 35.0 Å². The summed E-state index contributed by atoms with van der Waals surface area (Å²) in [5, 5.41) is 71.1. The van der Waals surface area contributed by atoms with Crippen molar-refractivity contribution >= 4 is 0 Å². The smallest absolute Gasteiger partial charge is 0.187 e. The Bertz CT molecular complexity index is 844. The van der Waals surface area contributed by atoms with E-state index in [1.54, 1.807) is 6.92 Å². The first-order chi connectivity index (χ1) is 17.8. The van der Waals surface area contributed by atoms with E-state index >= 15 is 0 Å². The van der Waals surface area contributed by atoms with Gasteiger partial charge in [0.05, 0.1) is 24.9 Å². The minimum Gasteiger partial charge on any atom is -0.394 e. The molecule has 3 aliphatic carbocycles. The van der Waals surface area contributed by atoms with Crippen LogP contribution in [0.3, 0.4) is 0 Å². The van der Waals surface area contributed by atoms with Crippen LogP contribution in [0.15, 0.2) is 0 Å². The molecule has 0 radical (unpaired) electrons. The Kier molecular flexibility index (Phi) is 7.98. The Morgan fingerprint density at radius 1 is 0.763 bits per heavy atom. The van der Waals surface area contributed by atoms with Gasteiger partial charge in [0.25, 0.3) is 0 Å². The monoisotopic (exact) mass is 546 g/mol. The molecule has 11 nitrogen and oxygen atoms in total. The molecule has 5 aliphatic rings. The normalized spacial score (nSPS) is 58.7. The molecule has 17 atom stereocenters. The maximum absolute atomic E-state index is 10.6. The lowest BCUT2D eigenvalue weighted by Crippen LogP contribution is -2.60. The molecule has 220 valence electrons. The van der Waals surface area contributed by atoms with Crippen molar-refractivity contribution in [2.75, 3.05) is 13.2 Å². The van der Waals surface area contributed by atoms with Crippen molar-refractivity contribution in [1.29, 1.82) is 0 Å². The molecular formula is C27H46O11. The van der Waals surface area contributed by atoms with Gasteiger partial charge in [0, 0.05) is 0 Å². The van der Waals surface area contributed by atoms with Crippen LogP contribution in [-0.2, 0) is 18.9 Å². The maximum atomic E-state index is 10.6. The highest BCUT2D eigenvalue weighted by Crippen LogP contribution is 2.72. The number of hydrogen-bond acceptors (Lipinski definition) is 11. The lowest BCUT2D eigenvalue weighted by molar-refractivity contribution is -0.327. The van der Waals surface area contributed by atoms with E-state index in [1.807, 2.05) is 0 Å². The molecule has 11 heteroatoms. The Labute approximate surface area is 223 Å². The number of hydrogen-bond donors (Lipinski definition) is 7. The summed E-state index contributed by atoms with van der Waals surface area (Å²) in [6, 6.07) is 0. The number of fused-ring (bicyclic) bond motifs is 3. The molecule has 2 aliphatic heterocycles. The van der Waals surface area contributed by atoms with Crippen molar-refractivity contribution in [1.82, 2.24) is 0 Å². The molecule has 0 spiro atoms. The third-order valence-corrected chi connectivity index (χ3v) is 10.7. The molecule has 5 fully saturated rings. The van der Waals surface area contributed by atoms with E-state index in [2.05, 4.69) is 20.8 Å². The molecule has 0 aromatic carbocycles. The maximum Gasteiger partial charge on any atom is 0.187 e. The zero-order valence-electron chi connectivity index (χ0n) is 22.7. The van der Waals surface area contributed by atoms with Crippen molar-refractivity contribution in [3.63, 3.8) is 0 Å². The van der Waals surface area contributed by atoms with Crippen molar-refractivity contribution in [3.05, 3.63) is 0 Å². The van der Waals surface area contributed by atoms with Gasteiger partial charge in [-0.25, -0.2) is 0 Å². The fraction of sp³-hybridized carbons (Fsp3) is 1.00. The summed E-state index contributed by atoms with van der Waals surface area (Å²) in [5.41, 5.74) is -0.743. The van der Waals surface area contributed by atoms with E-state index in [1.165, 1.54) is 0 Å². The number of rotatable bonds is 6. The van der Waals surface area contributed by atoms with Crippen LogP contribution in [0.2, 0.25) is 0 Å². The predicted molar refractivity (Wildman–Crippen MR) is 131 cm³/mol. The topological polar surface area (TPSA) is 179 Å². The first kappa shape index (κ1) is 29.1. The molecule has 0 unspecified atom stereocenters. The average Bonchev–Trinajstić information content (AvgIpc) is 3.32. The van der Waals surface area contributed by atoms with Gasteiger partial charge in [0.15, 0.2) is 12.6 Å². The van der Waals surface area contributed by atoms with Gasteiger partial charge in [-0.05, 0) is 68.1 Å². The summed E-state index contributed by atoms with van der Waals surface area (Å²) in [5.74, 6) is 1.69. The van der Waals surface area contributed by atoms with E-state index in [-0.39, 0.29) is 11.3 Å². The van der Waals surface area contributed by atoms with Gasteiger partial charge < -0.3 is 54.7 Å². The molecule has 5 rings (SSSR count). The van der Waals surface area contributed by atoms with Crippen LogP contribution in [0.4, 0.5) is 0 Å². The molecule has 0 aromatic rings.